The maximum atomic E-state index is 12.4. The van der Waals surface area contributed by atoms with Crippen LogP contribution in [0.1, 0.15) is 29.3 Å². The number of carbonyl (C=O) groups is 2. The molecule has 0 aliphatic heterocycles. The summed E-state index contributed by atoms with van der Waals surface area (Å²) in [7, 11) is 0. The smallest absolute Gasteiger partial charge is 0.305 e. The molecular weight excluding hydrogens is 286 g/mol. The van der Waals surface area contributed by atoms with Crippen molar-refractivity contribution in [1.29, 1.82) is 0 Å². The zero-order chi connectivity index (χ0) is 16.3. The minimum atomic E-state index is -1.01. The Labute approximate surface area is 126 Å². The van der Waals surface area contributed by atoms with E-state index >= 15 is 0 Å². The fourth-order valence-corrected chi connectivity index (χ4v) is 2.16. The van der Waals surface area contributed by atoms with Gasteiger partial charge < -0.3 is 15.0 Å². The van der Waals surface area contributed by atoms with Crippen molar-refractivity contribution in [2.24, 2.45) is 0 Å². The molecule has 2 rings (SSSR count). The van der Waals surface area contributed by atoms with Crippen LogP contribution in [0.3, 0.4) is 0 Å². The number of carbonyl (C=O) groups excluding carboxylic acids is 1. The van der Waals surface area contributed by atoms with Crippen molar-refractivity contribution >= 4 is 22.9 Å². The van der Waals surface area contributed by atoms with Gasteiger partial charge in [0.15, 0.2) is 0 Å². The predicted octanol–water partition coefficient (Wildman–Crippen LogP) is 0.929. The predicted molar refractivity (Wildman–Crippen MR) is 81.0 cm³/mol. The number of amides is 1. The van der Waals surface area contributed by atoms with Crippen LogP contribution >= 0.6 is 0 Å². The van der Waals surface area contributed by atoms with E-state index < -0.39 is 17.3 Å². The summed E-state index contributed by atoms with van der Waals surface area (Å²) in [5, 5.41) is 11.0. The highest BCUT2D eigenvalue weighted by Gasteiger charge is 2.16. The zero-order valence-corrected chi connectivity index (χ0v) is 12.4. The summed E-state index contributed by atoms with van der Waals surface area (Å²) in [4.78, 5) is 39.1. The van der Waals surface area contributed by atoms with Crippen molar-refractivity contribution in [3.05, 3.63) is 39.8 Å². The first-order chi connectivity index (χ1) is 10.4. The van der Waals surface area contributed by atoms with Gasteiger partial charge in [0.2, 0.25) is 5.43 Å². The van der Waals surface area contributed by atoms with Crippen LogP contribution in [-0.4, -0.2) is 33.1 Å². The second-order valence-corrected chi connectivity index (χ2v) is 4.94. The molecule has 2 heterocycles. The molecule has 2 aromatic rings. The number of hydrogen-bond acceptors (Lipinski definition) is 4. The molecule has 116 valence electrons. The largest absolute Gasteiger partial charge is 0.481 e. The van der Waals surface area contributed by atoms with Gasteiger partial charge in [-0.1, -0.05) is 0 Å². The van der Waals surface area contributed by atoms with Crippen molar-refractivity contribution in [2.75, 3.05) is 6.54 Å². The monoisotopic (exact) mass is 303 g/mol. The number of aromatic nitrogens is 2. The van der Waals surface area contributed by atoms with E-state index in [-0.39, 0.29) is 24.0 Å². The van der Waals surface area contributed by atoms with E-state index in [1.165, 1.54) is 6.20 Å². The van der Waals surface area contributed by atoms with Gasteiger partial charge in [0, 0.05) is 25.5 Å². The number of rotatable bonds is 5. The number of carboxylic acids is 1. The van der Waals surface area contributed by atoms with Crippen molar-refractivity contribution in [3.63, 3.8) is 0 Å². The Bertz CT molecular complexity index is 795. The molecule has 1 amide bonds. The standard InChI is InChI=1S/C15H17N3O4/c1-3-18-8-10(15(22)16-5-4-12(19)20)14(21)13-11(18)6-9(2)7-17-13/h6-8H,3-5H2,1-2H3,(H,16,22)(H,19,20). The highest BCUT2D eigenvalue weighted by molar-refractivity contribution is 5.96. The van der Waals surface area contributed by atoms with E-state index in [1.807, 2.05) is 19.9 Å². The van der Waals surface area contributed by atoms with Gasteiger partial charge in [0.1, 0.15) is 11.1 Å². The van der Waals surface area contributed by atoms with Crippen LogP contribution in [-0.2, 0) is 11.3 Å². The van der Waals surface area contributed by atoms with Gasteiger partial charge in [-0.05, 0) is 25.5 Å². The molecule has 2 N–H and O–H groups in total. The number of aryl methyl sites for hydroxylation is 2. The average molecular weight is 303 g/mol. The van der Waals surface area contributed by atoms with Crippen LogP contribution < -0.4 is 10.7 Å². The Morgan fingerprint density at radius 3 is 2.77 bits per heavy atom. The molecule has 0 atom stereocenters. The number of nitrogens with zero attached hydrogens (tertiary/aromatic N) is 2. The lowest BCUT2D eigenvalue weighted by Gasteiger charge is -2.11. The van der Waals surface area contributed by atoms with Gasteiger partial charge in [-0.2, -0.15) is 0 Å². The lowest BCUT2D eigenvalue weighted by Crippen LogP contribution is -2.31. The number of carboxylic acid groups (broad SMARTS) is 1. The van der Waals surface area contributed by atoms with Gasteiger partial charge in [-0.25, -0.2) is 0 Å². The summed E-state index contributed by atoms with van der Waals surface area (Å²) in [5.74, 6) is -1.60. The summed E-state index contributed by atoms with van der Waals surface area (Å²) in [5.41, 5.74) is 1.35. The van der Waals surface area contributed by atoms with Gasteiger partial charge in [-0.3, -0.25) is 19.4 Å². The number of fused-ring (bicyclic) bond motifs is 1. The number of nitrogens with one attached hydrogen (secondary N) is 1. The summed E-state index contributed by atoms with van der Waals surface area (Å²) in [6.07, 6.45) is 2.87. The molecule has 0 saturated carbocycles. The second kappa shape index (κ2) is 6.38. The Balaban J connectivity index is 2.44. The van der Waals surface area contributed by atoms with Gasteiger partial charge in [0.25, 0.3) is 5.91 Å². The highest BCUT2D eigenvalue weighted by Crippen LogP contribution is 2.11. The van der Waals surface area contributed by atoms with Crippen LogP contribution in [0.25, 0.3) is 11.0 Å². The summed E-state index contributed by atoms with van der Waals surface area (Å²) >= 11 is 0. The van der Waals surface area contributed by atoms with Gasteiger partial charge >= 0.3 is 5.97 Å². The van der Waals surface area contributed by atoms with Gasteiger partial charge in [0.05, 0.1) is 11.9 Å². The highest BCUT2D eigenvalue weighted by atomic mass is 16.4. The van der Waals surface area contributed by atoms with E-state index in [0.717, 1.165) is 5.56 Å². The maximum absolute atomic E-state index is 12.4. The minimum Gasteiger partial charge on any atom is -0.481 e. The molecule has 0 aromatic carbocycles. The first-order valence-corrected chi connectivity index (χ1v) is 6.93. The Hall–Kier alpha value is -2.70. The Kier molecular flexibility index (Phi) is 4.55. The Morgan fingerprint density at radius 1 is 1.41 bits per heavy atom. The average Bonchev–Trinajstić information content (AvgIpc) is 2.47. The van der Waals surface area contributed by atoms with Crippen molar-refractivity contribution in [1.82, 2.24) is 14.9 Å². The van der Waals surface area contributed by atoms with Crippen molar-refractivity contribution in [2.45, 2.75) is 26.8 Å². The van der Waals surface area contributed by atoms with E-state index in [2.05, 4.69) is 10.3 Å². The van der Waals surface area contributed by atoms with Crippen LogP contribution in [0.2, 0.25) is 0 Å². The molecule has 0 bridgehead atoms. The number of hydrogen-bond donors (Lipinski definition) is 2. The van der Waals surface area contributed by atoms with Crippen LogP contribution in [0.4, 0.5) is 0 Å². The topological polar surface area (TPSA) is 101 Å². The fourth-order valence-electron chi connectivity index (χ4n) is 2.16. The van der Waals surface area contributed by atoms with E-state index in [0.29, 0.717) is 12.1 Å². The van der Waals surface area contributed by atoms with E-state index in [9.17, 15) is 14.4 Å². The lowest BCUT2D eigenvalue weighted by molar-refractivity contribution is -0.136. The normalized spacial score (nSPS) is 10.6. The fraction of sp³-hybridized carbons (Fsp3) is 0.333. The van der Waals surface area contributed by atoms with Crippen LogP contribution in [0, 0.1) is 6.92 Å². The number of pyridine rings is 2. The molecule has 0 fully saturated rings. The molecule has 0 spiro atoms. The molecule has 0 aliphatic carbocycles. The molecule has 7 nitrogen and oxygen atoms in total. The van der Waals surface area contributed by atoms with Crippen LogP contribution in [0.5, 0.6) is 0 Å². The summed E-state index contributed by atoms with van der Waals surface area (Å²) < 4.78 is 1.78. The molecule has 0 aliphatic rings. The third-order valence-corrected chi connectivity index (χ3v) is 3.27. The molecule has 2 aromatic heterocycles. The molecule has 7 heteroatoms. The number of aliphatic carboxylic acids is 1. The minimum absolute atomic E-state index is 0.0287. The summed E-state index contributed by atoms with van der Waals surface area (Å²) in [6.45, 7) is 4.33. The molecule has 22 heavy (non-hydrogen) atoms. The third kappa shape index (κ3) is 3.13. The molecular formula is C15H17N3O4. The molecule has 0 radical (unpaired) electrons. The maximum Gasteiger partial charge on any atom is 0.305 e. The van der Waals surface area contributed by atoms with Crippen molar-refractivity contribution < 1.29 is 14.7 Å². The van der Waals surface area contributed by atoms with Gasteiger partial charge in [-0.15, -0.1) is 0 Å². The molecule has 0 unspecified atom stereocenters. The lowest BCUT2D eigenvalue weighted by atomic mass is 10.1. The molecule has 0 saturated heterocycles. The first-order valence-electron chi connectivity index (χ1n) is 6.93. The third-order valence-electron chi connectivity index (χ3n) is 3.27. The summed E-state index contributed by atoms with van der Waals surface area (Å²) in [6, 6.07) is 1.85. The SMILES string of the molecule is CCn1cc(C(=O)NCCC(=O)O)c(=O)c2ncc(C)cc21. The first kappa shape index (κ1) is 15.7. The quantitative estimate of drug-likeness (QED) is 0.855. The van der Waals surface area contributed by atoms with E-state index in [4.69, 9.17) is 5.11 Å². The van der Waals surface area contributed by atoms with Crippen LogP contribution in [0.15, 0.2) is 23.3 Å². The zero-order valence-electron chi connectivity index (χ0n) is 12.4. The van der Waals surface area contributed by atoms with E-state index in [1.54, 1.807) is 10.8 Å². The Morgan fingerprint density at radius 2 is 2.14 bits per heavy atom. The second-order valence-electron chi connectivity index (χ2n) is 4.94. The van der Waals surface area contributed by atoms with Crippen molar-refractivity contribution in [3.8, 4) is 0 Å².